The third-order valence-electron chi connectivity index (χ3n) is 2.91. The zero-order chi connectivity index (χ0) is 11.7. The molecule has 0 spiro atoms. The first-order valence-electron chi connectivity index (χ1n) is 5.46. The molecule has 2 aromatic rings. The average Bonchev–Trinajstić information content (AvgIpc) is 2.62. The molecule has 2 rings (SSSR count). The van der Waals surface area contributed by atoms with Crippen molar-refractivity contribution in [3.63, 3.8) is 0 Å². The summed E-state index contributed by atoms with van der Waals surface area (Å²) in [5.41, 5.74) is 8.30. The number of benzene rings is 1. The monoisotopic (exact) mass is 219 g/mol. The SMILES string of the molecule is CC(C)C(CO)n1cnc2cc(N)ccc21. The summed E-state index contributed by atoms with van der Waals surface area (Å²) in [6.07, 6.45) is 1.77. The minimum Gasteiger partial charge on any atom is -0.399 e. The Morgan fingerprint density at radius 1 is 1.44 bits per heavy atom. The van der Waals surface area contributed by atoms with Crippen molar-refractivity contribution in [2.24, 2.45) is 5.92 Å². The van der Waals surface area contributed by atoms with Crippen LogP contribution in [0.5, 0.6) is 0 Å². The van der Waals surface area contributed by atoms with Crippen molar-refractivity contribution in [2.75, 3.05) is 12.3 Å². The minimum atomic E-state index is 0.0635. The molecule has 1 heterocycles. The molecule has 0 aliphatic heterocycles. The normalized spacial score (nSPS) is 13.5. The van der Waals surface area contributed by atoms with E-state index in [2.05, 4.69) is 18.8 Å². The Morgan fingerprint density at radius 3 is 2.81 bits per heavy atom. The van der Waals surface area contributed by atoms with Gasteiger partial charge in [-0.25, -0.2) is 4.98 Å². The third-order valence-corrected chi connectivity index (χ3v) is 2.91. The van der Waals surface area contributed by atoms with Crippen LogP contribution in [0.25, 0.3) is 11.0 Å². The topological polar surface area (TPSA) is 64.1 Å². The number of aliphatic hydroxyl groups excluding tert-OH is 1. The van der Waals surface area contributed by atoms with Crippen molar-refractivity contribution in [3.05, 3.63) is 24.5 Å². The average molecular weight is 219 g/mol. The number of hydrogen-bond acceptors (Lipinski definition) is 3. The molecule has 0 aliphatic rings. The van der Waals surface area contributed by atoms with Gasteiger partial charge < -0.3 is 15.4 Å². The van der Waals surface area contributed by atoms with E-state index in [0.29, 0.717) is 11.6 Å². The van der Waals surface area contributed by atoms with Crippen molar-refractivity contribution in [1.29, 1.82) is 0 Å². The van der Waals surface area contributed by atoms with Crippen LogP contribution in [0.1, 0.15) is 19.9 Å². The molecule has 0 amide bonds. The highest BCUT2D eigenvalue weighted by atomic mass is 16.3. The van der Waals surface area contributed by atoms with E-state index in [0.717, 1.165) is 11.0 Å². The van der Waals surface area contributed by atoms with E-state index in [1.165, 1.54) is 0 Å². The van der Waals surface area contributed by atoms with E-state index >= 15 is 0 Å². The molecular formula is C12H17N3O. The number of anilines is 1. The minimum absolute atomic E-state index is 0.0635. The lowest BCUT2D eigenvalue weighted by molar-refractivity contribution is 0.196. The lowest BCUT2D eigenvalue weighted by Crippen LogP contribution is -2.18. The molecule has 1 aromatic heterocycles. The van der Waals surface area contributed by atoms with Crippen molar-refractivity contribution in [2.45, 2.75) is 19.9 Å². The maximum absolute atomic E-state index is 9.41. The van der Waals surface area contributed by atoms with Gasteiger partial charge in [-0.15, -0.1) is 0 Å². The van der Waals surface area contributed by atoms with Gasteiger partial charge in [0.05, 0.1) is 30.0 Å². The molecular weight excluding hydrogens is 202 g/mol. The molecule has 0 saturated heterocycles. The van der Waals surface area contributed by atoms with Crippen molar-refractivity contribution < 1.29 is 5.11 Å². The first-order chi connectivity index (χ1) is 7.63. The van der Waals surface area contributed by atoms with Gasteiger partial charge in [0.2, 0.25) is 0 Å². The van der Waals surface area contributed by atoms with Crippen molar-refractivity contribution in [3.8, 4) is 0 Å². The third kappa shape index (κ3) is 1.76. The quantitative estimate of drug-likeness (QED) is 0.774. The van der Waals surface area contributed by atoms with Crippen LogP contribution in [0, 0.1) is 5.92 Å². The predicted octanol–water partition coefficient (Wildman–Crippen LogP) is 1.81. The molecule has 1 aromatic carbocycles. The first-order valence-corrected chi connectivity index (χ1v) is 5.46. The second-order valence-corrected chi connectivity index (χ2v) is 4.39. The Kier molecular flexibility index (Phi) is 2.83. The fourth-order valence-electron chi connectivity index (χ4n) is 1.93. The maximum Gasteiger partial charge on any atom is 0.0961 e. The summed E-state index contributed by atoms with van der Waals surface area (Å²) >= 11 is 0. The number of nitrogens with two attached hydrogens (primary N) is 1. The second-order valence-electron chi connectivity index (χ2n) is 4.39. The highest BCUT2D eigenvalue weighted by Crippen LogP contribution is 2.24. The number of aliphatic hydroxyl groups is 1. The Morgan fingerprint density at radius 2 is 2.19 bits per heavy atom. The van der Waals surface area contributed by atoms with Gasteiger partial charge in [0.15, 0.2) is 0 Å². The number of hydrogen-bond donors (Lipinski definition) is 2. The smallest absolute Gasteiger partial charge is 0.0961 e. The molecule has 86 valence electrons. The molecule has 0 fully saturated rings. The standard InChI is InChI=1S/C12H17N3O/c1-8(2)12(6-16)15-7-14-10-5-9(13)3-4-11(10)15/h3-5,7-8,12,16H,6,13H2,1-2H3. The number of aromatic nitrogens is 2. The molecule has 1 atom stereocenters. The van der Waals surface area contributed by atoms with Crippen LogP contribution in [0.3, 0.4) is 0 Å². The van der Waals surface area contributed by atoms with Crippen LogP contribution in [0.2, 0.25) is 0 Å². The van der Waals surface area contributed by atoms with Crippen molar-refractivity contribution >= 4 is 16.7 Å². The molecule has 0 saturated carbocycles. The van der Waals surface area contributed by atoms with Gasteiger partial charge in [-0.05, 0) is 24.1 Å². The van der Waals surface area contributed by atoms with Crippen LogP contribution >= 0.6 is 0 Å². The Hall–Kier alpha value is -1.55. The molecule has 3 N–H and O–H groups in total. The van der Waals surface area contributed by atoms with E-state index in [9.17, 15) is 5.11 Å². The van der Waals surface area contributed by atoms with Gasteiger partial charge >= 0.3 is 0 Å². The van der Waals surface area contributed by atoms with Gasteiger partial charge in [0, 0.05) is 5.69 Å². The van der Waals surface area contributed by atoms with Gasteiger partial charge in [-0.3, -0.25) is 0 Å². The van der Waals surface area contributed by atoms with E-state index in [1.807, 2.05) is 22.8 Å². The van der Waals surface area contributed by atoms with Gasteiger partial charge in [0.1, 0.15) is 0 Å². The maximum atomic E-state index is 9.41. The second kappa shape index (κ2) is 4.14. The van der Waals surface area contributed by atoms with Crippen LogP contribution in [-0.4, -0.2) is 21.3 Å². The van der Waals surface area contributed by atoms with E-state index < -0.39 is 0 Å². The number of nitrogens with zero attached hydrogens (tertiary/aromatic N) is 2. The molecule has 16 heavy (non-hydrogen) atoms. The molecule has 0 radical (unpaired) electrons. The predicted molar refractivity (Wildman–Crippen MR) is 65.1 cm³/mol. The highest BCUT2D eigenvalue weighted by molar-refractivity contribution is 5.79. The molecule has 4 nitrogen and oxygen atoms in total. The number of nitrogen functional groups attached to an aromatic ring is 1. The Labute approximate surface area is 94.7 Å². The summed E-state index contributed by atoms with van der Waals surface area (Å²) in [6.45, 7) is 4.29. The van der Waals surface area contributed by atoms with Crippen LogP contribution < -0.4 is 5.73 Å². The first kappa shape index (κ1) is 11.0. The van der Waals surface area contributed by atoms with Gasteiger partial charge in [-0.2, -0.15) is 0 Å². The van der Waals surface area contributed by atoms with Gasteiger partial charge in [-0.1, -0.05) is 13.8 Å². The number of rotatable bonds is 3. The lowest BCUT2D eigenvalue weighted by Gasteiger charge is -2.20. The van der Waals surface area contributed by atoms with E-state index in [-0.39, 0.29) is 12.6 Å². The Balaban J connectivity index is 2.52. The summed E-state index contributed by atoms with van der Waals surface area (Å²) in [5, 5.41) is 9.41. The number of fused-ring (bicyclic) bond motifs is 1. The van der Waals surface area contributed by atoms with E-state index in [1.54, 1.807) is 6.33 Å². The number of imidazole rings is 1. The molecule has 4 heteroatoms. The summed E-state index contributed by atoms with van der Waals surface area (Å²) in [6, 6.07) is 5.71. The highest BCUT2D eigenvalue weighted by Gasteiger charge is 2.16. The summed E-state index contributed by atoms with van der Waals surface area (Å²) in [4.78, 5) is 4.30. The summed E-state index contributed by atoms with van der Waals surface area (Å²) in [7, 11) is 0. The van der Waals surface area contributed by atoms with Crippen LogP contribution in [0.4, 0.5) is 5.69 Å². The Bertz CT molecular complexity index is 490. The fourth-order valence-corrected chi connectivity index (χ4v) is 1.93. The van der Waals surface area contributed by atoms with Crippen molar-refractivity contribution in [1.82, 2.24) is 9.55 Å². The zero-order valence-corrected chi connectivity index (χ0v) is 9.59. The molecule has 1 unspecified atom stereocenters. The van der Waals surface area contributed by atoms with E-state index in [4.69, 9.17) is 5.73 Å². The molecule has 0 bridgehead atoms. The zero-order valence-electron chi connectivity index (χ0n) is 9.59. The largest absolute Gasteiger partial charge is 0.399 e. The summed E-state index contributed by atoms with van der Waals surface area (Å²) < 4.78 is 2.01. The fraction of sp³-hybridized carbons (Fsp3) is 0.417. The van der Waals surface area contributed by atoms with Crippen LogP contribution in [0.15, 0.2) is 24.5 Å². The summed E-state index contributed by atoms with van der Waals surface area (Å²) in [5.74, 6) is 0.361. The van der Waals surface area contributed by atoms with Crippen LogP contribution in [-0.2, 0) is 0 Å². The lowest BCUT2D eigenvalue weighted by atomic mass is 10.1. The molecule has 0 aliphatic carbocycles. The van der Waals surface area contributed by atoms with Gasteiger partial charge in [0.25, 0.3) is 0 Å².